The molecule has 4 heterocycles. The Labute approximate surface area is 150 Å². The maximum Gasteiger partial charge on any atom is 0.181 e. The molecule has 7 nitrogen and oxygen atoms in total. The third-order valence-corrected chi connectivity index (χ3v) is 4.02. The van der Waals surface area contributed by atoms with Crippen LogP contribution in [0.15, 0.2) is 66.7 Å². The predicted molar refractivity (Wildman–Crippen MR) is 101 cm³/mol. The topological polar surface area (TPSA) is 73.3 Å². The van der Waals surface area contributed by atoms with Crippen molar-refractivity contribution in [2.24, 2.45) is 12.0 Å². The van der Waals surface area contributed by atoms with E-state index >= 15 is 0 Å². The molecule has 0 saturated carbocycles. The zero-order chi connectivity index (χ0) is 18.1. The molecule has 0 aliphatic carbocycles. The van der Waals surface area contributed by atoms with E-state index in [-0.39, 0.29) is 0 Å². The highest BCUT2D eigenvalue weighted by Gasteiger charge is 2.13. The summed E-state index contributed by atoms with van der Waals surface area (Å²) in [6.07, 6.45) is 7.17. The Kier molecular flexibility index (Phi) is 3.89. The Morgan fingerprint density at radius 1 is 1.19 bits per heavy atom. The average Bonchev–Trinajstić information content (AvgIpc) is 3.25. The van der Waals surface area contributed by atoms with Crippen LogP contribution in [-0.4, -0.2) is 34.8 Å². The highest BCUT2D eigenvalue weighted by Crippen LogP contribution is 2.21. The summed E-state index contributed by atoms with van der Waals surface area (Å²) in [7, 11) is 1.85. The normalized spacial score (nSPS) is 11.8. The fraction of sp³-hybridized carbons (Fsp3) is 0.105. The molecule has 4 rings (SSSR count). The van der Waals surface area contributed by atoms with Crippen molar-refractivity contribution >= 4 is 11.4 Å². The highest BCUT2D eigenvalue weighted by molar-refractivity contribution is 5.96. The first-order chi connectivity index (χ1) is 12.7. The van der Waals surface area contributed by atoms with Crippen LogP contribution in [0.2, 0.25) is 0 Å². The number of aromatic nitrogens is 6. The van der Waals surface area contributed by atoms with Crippen molar-refractivity contribution in [3.8, 4) is 22.8 Å². The minimum atomic E-state index is 0.631. The van der Waals surface area contributed by atoms with Gasteiger partial charge in [0.15, 0.2) is 11.6 Å². The summed E-state index contributed by atoms with van der Waals surface area (Å²) in [6.45, 7) is 5.50. The van der Waals surface area contributed by atoms with Gasteiger partial charge < -0.3 is 4.40 Å². The molecule has 4 aromatic rings. The Hall–Kier alpha value is -3.61. The van der Waals surface area contributed by atoms with Gasteiger partial charge in [-0.15, -0.1) is 0 Å². The minimum Gasteiger partial charge on any atom is -0.306 e. The summed E-state index contributed by atoms with van der Waals surface area (Å²) in [6, 6.07) is 9.71. The number of nitrogens with zero attached hydrogens (tertiary/aromatic N) is 7. The number of aliphatic imine (C=N–C) groups is 1. The fourth-order valence-corrected chi connectivity index (χ4v) is 2.78. The summed E-state index contributed by atoms with van der Waals surface area (Å²) in [5.41, 5.74) is 4.14. The van der Waals surface area contributed by atoms with E-state index in [0.717, 1.165) is 28.3 Å². The smallest absolute Gasteiger partial charge is 0.181 e. The molecule has 7 heteroatoms. The second-order valence-electron chi connectivity index (χ2n) is 5.80. The summed E-state index contributed by atoms with van der Waals surface area (Å²) in [5, 5.41) is 4.50. The van der Waals surface area contributed by atoms with Gasteiger partial charge in [0.05, 0.1) is 11.4 Å². The van der Waals surface area contributed by atoms with Crippen LogP contribution in [0.1, 0.15) is 12.7 Å². The van der Waals surface area contributed by atoms with Gasteiger partial charge in [-0.25, -0.2) is 14.6 Å². The Morgan fingerprint density at radius 2 is 2.08 bits per heavy atom. The number of hydrogen-bond donors (Lipinski definition) is 0. The minimum absolute atomic E-state index is 0.631. The van der Waals surface area contributed by atoms with Crippen LogP contribution in [0.5, 0.6) is 0 Å². The second kappa shape index (κ2) is 6.36. The van der Waals surface area contributed by atoms with E-state index in [1.165, 1.54) is 6.20 Å². The lowest BCUT2D eigenvalue weighted by molar-refractivity contribution is 0.758. The van der Waals surface area contributed by atoms with Crippen molar-refractivity contribution in [1.29, 1.82) is 0 Å². The van der Waals surface area contributed by atoms with Crippen LogP contribution in [-0.2, 0) is 7.05 Å². The van der Waals surface area contributed by atoms with E-state index in [4.69, 9.17) is 0 Å². The number of fused-ring (bicyclic) bond motifs is 1. The standard InChI is InChI=1S/C19H17N7/c1-4-20-13(2)19-23-18(24-25(19)3)14-8-10-26-12-16(22-17(26)11-14)15-7-5-6-9-21-15/h4-12H,1H2,2-3H3. The second-order valence-corrected chi connectivity index (χ2v) is 5.80. The van der Waals surface area contributed by atoms with Crippen molar-refractivity contribution in [3.63, 3.8) is 0 Å². The molecule has 0 aliphatic rings. The zero-order valence-electron chi connectivity index (χ0n) is 14.5. The van der Waals surface area contributed by atoms with E-state index in [0.29, 0.717) is 11.6 Å². The van der Waals surface area contributed by atoms with E-state index in [9.17, 15) is 0 Å². The van der Waals surface area contributed by atoms with Crippen LogP contribution < -0.4 is 0 Å². The molecule has 0 atom stereocenters. The number of hydrogen-bond acceptors (Lipinski definition) is 5. The molecule has 0 aromatic carbocycles. The lowest BCUT2D eigenvalue weighted by atomic mass is 10.2. The van der Waals surface area contributed by atoms with Crippen LogP contribution in [0.3, 0.4) is 0 Å². The molecule has 128 valence electrons. The average molecular weight is 343 g/mol. The SMILES string of the molecule is C=CN=C(C)c1nc(-c2ccn3cc(-c4ccccn4)nc3c2)nn1C. The van der Waals surface area contributed by atoms with Crippen LogP contribution in [0.4, 0.5) is 0 Å². The monoisotopic (exact) mass is 343 g/mol. The molecule has 0 spiro atoms. The Balaban J connectivity index is 1.75. The Bertz CT molecular complexity index is 1120. The van der Waals surface area contributed by atoms with E-state index < -0.39 is 0 Å². The molecular formula is C19H17N7. The summed E-state index contributed by atoms with van der Waals surface area (Å²) >= 11 is 0. The molecule has 0 unspecified atom stereocenters. The van der Waals surface area contributed by atoms with Crippen LogP contribution in [0, 0.1) is 0 Å². The molecule has 26 heavy (non-hydrogen) atoms. The van der Waals surface area contributed by atoms with Crippen molar-refractivity contribution in [2.75, 3.05) is 0 Å². The first kappa shape index (κ1) is 15.9. The predicted octanol–water partition coefficient (Wildman–Crippen LogP) is 3.14. The van der Waals surface area contributed by atoms with Gasteiger partial charge in [0.2, 0.25) is 0 Å². The summed E-state index contributed by atoms with van der Waals surface area (Å²) in [4.78, 5) is 17.8. The van der Waals surface area contributed by atoms with Gasteiger partial charge in [-0.05, 0) is 31.2 Å². The fourth-order valence-electron chi connectivity index (χ4n) is 2.78. The van der Waals surface area contributed by atoms with Crippen molar-refractivity contribution < 1.29 is 0 Å². The molecule has 0 radical (unpaired) electrons. The van der Waals surface area contributed by atoms with Gasteiger partial charge >= 0.3 is 0 Å². The quantitative estimate of drug-likeness (QED) is 0.534. The number of rotatable bonds is 4. The molecule has 0 saturated heterocycles. The number of aryl methyl sites for hydroxylation is 1. The lowest BCUT2D eigenvalue weighted by Crippen LogP contribution is -2.05. The summed E-state index contributed by atoms with van der Waals surface area (Å²) < 4.78 is 3.68. The maximum atomic E-state index is 4.66. The van der Waals surface area contributed by atoms with Crippen molar-refractivity contribution in [3.05, 3.63) is 67.5 Å². The largest absolute Gasteiger partial charge is 0.306 e. The molecule has 0 fully saturated rings. The molecular weight excluding hydrogens is 326 g/mol. The molecule has 0 amide bonds. The van der Waals surface area contributed by atoms with Crippen molar-refractivity contribution in [1.82, 2.24) is 29.1 Å². The molecule has 0 bridgehead atoms. The number of pyridine rings is 2. The van der Waals surface area contributed by atoms with Gasteiger partial charge in [-0.1, -0.05) is 12.6 Å². The third-order valence-electron chi connectivity index (χ3n) is 4.02. The zero-order valence-corrected chi connectivity index (χ0v) is 14.5. The van der Waals surface area contributed by atoms with E-state index in [1.54, 1.807) is 10.9 Å². The van der Waals surface area contributed by atoms with Crippen LogP contribution >= 0.6 is 0 Å². The first-order valence-electron chi connectivity index (χ1n) is 8.13. The first-order valence-corrected chi connectivity index (χ1v) is 8.13. The van der Waals surface area contributed by atoms with Gasteiger partial charge in [0.1, 0.15) is 11.3 Å². The van der Waals surface area contributed by atoms with Gasteiger partial charge in [-0.2, -0.15) is 5.10 Å². The molecule has 0 N–H and O–H groups in total. The maximum absolute atomic E-state index is 4.66. The third kappa shape index (κ3) is 2.79. The number of imidazole rings is 1. The Morgan fingerprint density at radius 3 is 2.85 bits per heavy atom. The molecule has 4 aromatic heterocycles. The van der Waals surface area contributed by atoms with Gasteiger partial charge in [0, 0.05) is 37.4 Å². The van der Waals surface area contributed by atoms with E-state index in [1.807, 2.05) is 61.1 Å². The molecule has 0 aliphatic heterocycles. The highest BCUT2D eigenvalue weighted by atomic mass is 15.3. The lowest BCUT2D eigenvalue weighted by Gasteiger charge is -1.96. The van der Waals surface area contributed by atoms with Gasteiger partial charge in [0.25, 0.3) is 0 Å². The van der Waals surface area contributed by atoms with Gasteiger partial charge in [-0.3, -0.25) is 9.98 Å². The van der Waals surface area contributed by atoms with Crippen LogP contribution in [0.25, 0.3) is 28.4 Å². The summed E-state index contributed by atoms with van der Waals surface area (Å²) in [5.74, 6) is 1.34. The van der Waals surface area contributed by atoms with E-state index in [2.05, 4.69) is 31.6 Å². The van der Waals surface area contributed by atoms with Crippen molar-refractivity contribution in [2.45, 2.75) is 6.92 Å².